The van der Waals surface area contributed by atoms with Gasteiger partial charge in [0.15, 0.2) is 5.82 Å². The van der Waals surface area contributed by atoms with Crippen molar-refractivity contribution in [2.45, 2.75) is 31.2 Å². The first kappa shape index (κ1) is 16.2. The number of pyridine rings is 1. The van der Waals surface area contributed by atoms with Crippen LogP contribution in [-0.4, -0.2) is 50.5 Å². The number of nitrogens with zero attached hydrogens (tertiary/aromatic N) is 5. The highest BCUT2D eigenvalue weighted by Gasteiger charge is 2.28. The van der Waals surface area contributed by atoms with E-state index in [1.54, 1.807) is 34.6 Å². The smallest absolute Gasteiger partial charge is 0.258 e. The Balaban J connectivity index is 1.86. The Morgan fingerprint density at radius 2 is 1.92 bits per heavy atom. The van der Waals surface area contributed by atoms with Gasteiger partial charge in [-0.1, -0.05) is 6.42 Å². The minimum Gasteiger partial charge on any atom is -0.343 e. The normalized spacial score (nSPS) is 16.6. The zero-order valence-electron chi connectivity index (χ0n) is 14.2. The van der Waals surface area contributed by atoms with Gasteiger partial charge in [0.05, 0.1) is 17.3 Å². The molecule has 0 spiro atoms. The Bertz CT molecular complexity index is 1030. The molecular formula is C16H20N6O2S. The first-order valence-corrected chi connectivity index (χ1v) is 9.75. The first-order chi connectivity index (χ1) is 12.0. The molecule has 4 heterocycles. The minimum atomic E-state index is -3.53. The van der Waals surface area contributed by atoms with E-state index in [0.29, 0.717) is 24.4 Å². The van der Waals surface area contributed by atoms with Crippen molar-refractivity contribution in [3.8, 4) is 11.4 Å². The lowest BCUT2D eigenvalue weighted by Crippen LogP contribution is -2.35. The summed E-state index contributed by atoms with van der Waals surface area (Å²) in [5, 5.41) is 5.32. The molecule has 0 radical (unpaired) electrons. The van der Waals surface area contributed by atoms with Crippen LogP contribution in [0.4, 0.5) is 0 Å². The van der Waals surface area contributed by atoms with Crippen molar-refractivity contribution in [2.75, 3.05) is 13.1 Å². The van der Waals surface area contributed by atoms with Crippen LogP contribution in [0.3, 0.4) is 0 Å². The highest BCUT2D eigenvalue weighted by Crippen LogP contribution is 2.31. The van der Waals surface area contributed by atoms with E-state index < -0.39 is 10.0 Å². The lowest BCUT2D eigenvalue weighted by molar-refractivity contribution is 0.346. The summed E-state index contributed by atoms with van der Waals surface area (Å²) in [4.78, 5) is 11.7. The maximum atomic E-state index is 12.9. The number of aryl methyl sites for hydroxylation is 2. The molecular weight excluding hydrogens is 340 g/mol. The van der Waals surface area contributed by atoms with Crippen molar-refractivity contribution in [1.82, 2.24) is 29.0 Å². The molecule has 8 nitrogen and oxygen atoms in total. The number of nitrogens with one attached hydrogen (secondary N) is 1. The summed E-state index contributed by atoms with van der Waals surface area (Å²) < 4.78 is 29.0. The molecule has 25 heavy (non-hydrogen) atoms. The number of sulfonamides is 1. The van der Waals surface area contributed by atoms with E-state index in [0.717, 1.165) is 35.9 Å². The van der Waals surface area contributed by atoms with Gasteiger partial charge < -0.3 is 4.98 Å². The third-order valence-corrected chi connectivity index (χ3v) is 6.42. The number of H-pyrrole nitrogens is 1. The van der Waals surface area contributed by atoms with Gasteiger partial charge in [0.2, 0.25) is 0 Å². The number of rotatable bonds is 3. The van der Waals surface area contributed by atoms with Crippen LogP contribution < -0.4 is 0 Å². The summed E-state index contributed by atoms with van der Waals surface area (Å²) in [6, 6.07) is 1.68. The van der Waals surface area contributed by atoms with Gasteiger partial charge in [-0.15, -0.1) is 0 Å². The first-order valence-electron chi connectivity index (χ1n) is 8.31. The van der Waals surface area contributed by atoms with Crippen LogP contribution in [0.15, 0.2) is 23.6 Å². The van der Waals surface area contributed by atoms with Crippen molar-refractivity contribution in [2.24, 2.45) is 7.05 Å². The lowest BCUT2D eigenvalue weighted by Gasteiger charge is -2.25. The molecule has 9 heteroatoms. The highest BCUT2D eigenvalue weighted by atomic mass is 32.2. The van der Waals surface area contributed by atoms with Crippen molar-refractivity contribution < 1.29 is 8.42 Å². The van der Waals surface area contributed by atoms with Crippen molar-refractivity contribution in [3.05, 3.63) is 24.3 Å². The van der Waals surface area contributed by atoms with Crippen LogP contribution in [0.5, 0.6) is 0 Å². The molecule has 3 aromatic rings. The van der Waals surface area contributed by atoms with Crippen LogP contribution in [0.1, 0.15) is 25.0 Å². The van der Waals surface area contributed by atoms with Crippen LogP contribution >= 0.6 is 0 Å². The van der Waals surface area contributed by atoms with Crippen LogP contribution in [0, 0.1) is 6.92 Å². The molecule has 1 saturated heterocycles. The predicted octanol–water partition coefficient (Wildman–Crippen LogP) is 1.84. The maximum Gasteiger partial charge on any atom is 0.258 e. The molecule has 1 N–H and O–H groups in total. The van der Waals surface area contributed by atoms with E-state index in [4.69, 9.17) is 0 Å². The van der Waals surface area contributed by atoms with Gasteiger partial charge >= 0.3 is 0 Å². The van der Waals surface area contributed by atoms with Gasteiger partial charge in [-0.25, -0.2) is 13.4 Å². The Kier molecular flexibility index (Phi) is 3.84. The predicted molar refractivity (Wildman–Crippen MR) is 93.4 cm³/mol. The standard InChI is InChI=1S/C16H20N6O2S/c1-11-15(16-18-10-21(2)20-16)12-8-14(19-13(12)9-17-11)25(23,24)22-6-4-3-5-7-22/h8-10,19H,3-7H2,1-2H3. The molecule has 1 fully saturated rings. The second-order valence-electron chi connectivity index (χ2n) is 6.39. The minimum absolute atomic E-state index is 0.203. The molecule has 1 aliphatic heterocycles. The van der Waals surface area contributed by atoms with Crippen LogP contribution in [0.25, 0.3) is 22.3 Å². The van der Waals surface area contributed by atoms with Crippen molar-refractivity contribution >= 4 is 20.9 Å². The summed E-state index contributed by atoms with van der Waals surface area (Å²) in [7, 11) is -1.73. The van der Waals surface area contributed by atoms with E-state index in [1.165, 1.54) is 0 Å². The summed E-state index contributed by atoms with van der Waals surface area (Å²) in [6.07, 6.45) is 6.17. The molecule has 4 rings (SSSR count). The fourth-order valence-electron chi connectivity index (χ4n) is 3.29. The molecule has 0 bridgehead atoms. The van der Waals surface area contributed by atoms with Crippen molar-refractivity contribution in [3.63, 3.8) is 0 Å². The van der Waals surface area contributed by atoms with E-state index in [2.05, 4.69) is 20.1 Å². The Labute approximate surface area is 145 Å². The van der Waals surface area contributed by atoms with E-state index in [9.17, 15) is 8.42 Å². The van der Waals surface area contributed by atoms with Gasteiger partial charge in [0, 0.05) is 31.2 Å². The number of aromatic nitrogens is 5. The van der Waals surface area contributed by atoms with Crippen molar-refractivity contribution in [1.29, 1.82) is 0 Å². The third-order valence-electron chi connectivity index (χ3n) is 4.60. The van der Waals surface area contributed by atoms with Gasteiger partial charge in [-0.05, 0) is 25.8 Å². The van der Waals surface area contributed by atoms with Gasteiger partial charge in [0.1, 0.15) is 11.4 Å². The van der Waals surface area contributed by atoms with E-state index in [-0.39, 0.29) is 5.03 Å². The van der Waals surface area contributed by atoms with Crippen LogP contribution in [-0.2, 0) is 17.1 Å². The average Bonchev–Trinajstić information content (AvgIpc) is 3.22. The number of hydrogen-bond donors (Lipinski definition) is 1. The number of fused-ring (bicyclic) bond motifs is 1. The highest BCUT2D eigenvalue weighted by molar-refractivity contribution is 7.89. The number of hydrogen-bond acceptors (Lipinski definition) is 5. The van der Waals surface area contributed by atoms with Gasteiger partial charge in [0.25, 0.3) is 10.0 Å². The fraction of sp³-hybridized carbons (Fsp3) is 0.438. The van der Waals surface area contributed by atoms with E-state index in [1.807, 2.05) is 6.92 Å². The molecule has 1 aliphatic rings. The summed E-state index contributed by atoms with van der Waals surface area (Å²) >= 11 is 0. The monoisotopic (exact) mass is 360 g/mol. The lowest BCUT2D eigenvalue weighted by atomic mass is 10.1. The average molecular weight is 360 g/mol. The molecule has 0 aromatic carbocycles. The van der Waals surface area contributed by atoms with Gasteiger partial charge in [-0.2, -0.15) is 9.40 Å². The Morgan fingerprint density at radius 1 is 1.16 bits per heavy atom. The number of aromatic amines is 1. The second kappa shape index (κ2) is 5.92. The zero-order chi connectivity index (χ0) is 17.6. The topological polar surface area (TPSA) is 96.8 Å². The quantitative estimate of drug-likeness (QED) is 0.769. The molecule has 0 atom stereocenters. The fourth-order valence-corrected chi connectivity index (χ4v) is 4.82. The van der Waals surface area contributed by atoms with Crippen LogP contribution in [0.2, 0.25) is 0 Å². The molecule has 0 unspecified atom stereocenters. The molecule has 3 aromatic heterocycles. The molecule has 0 amide bonds. The van der Waals surface area contributed by atoms with Gasteiger partial charge in [-0.3, -0.25) is 9.67 Å². The summed E-state index contributed by atoms with van der Waals surface area (Å²) in [5.74, 6) is 0.541. The summed E-state index contributed by atoms with van der Waals surface area (Å²) in [6.45, 7) is 3.02. The largest absolute Gasteiger partial charge is 0.343 e. The Hall–Kier alpha value is -2.26. The van der Waals surface area contributed by atoms with E-state index >= 15 is 0 Å². The Morgan fingerprint density at radius 3 is 2.60 bits per heavy atom. The summed E-state index contributed by atoms with van der Waals surface area (Å²) in [5.41, 5.74) is 2.19. The zero-order valence-corrected chi connectivity index (χ0v) is 15.0. The molecule has 0 saturated carbocycles. The maximum absolute atomic E-state index is 12.9. The number of piperidine rings is 1. The second-order valence-corrected chi connectivity index (χ2v) is 8.29. The molecule has 132 valence electrons. The SMILES string of the molecule is Cc1ncc2[nH]c(S(=O)(=O)N3CCCCC3)cc2c1-c1ncn(C)n1. The molecule has 0 aliphatic carbocycles. The third kappa shape index (κ3) is 2.73.